The maximum atomic E-state index is 6.31. The first-order chi connectivity index (χ1) is 11.3. The average Bonchev–Trinajstić information content (AvgIpc) is 2.83. The van der Waals surface area contributed by atoms with Crippen LogP contribution < -0.4 is 0 Å². The Balaban J connectivity index is 1.28. The fourth-order valence-corrected chi connectivity index (χ4v) is 4.91. The molecule has 2 spiro atoms. The number of hydrogen-bond acceptors (Lipinski definition) is 4. The van der Waals surface area contributed by atoms with Crippen LogP contribution in [-0.4, -0.2) is 50.3 Å². The van der Waals surface area contributed by atoms with Crippen molar-refractivity contribution in [3.63, 3.8) is 0 Å². The van der Waals surface area contributed by atoms with Gasteiger partial charge in [-0.3, -0.25) is 0 Å². The molecule has 4 fully saturated rings. The predicted octanol–water partition coefficient (Wildman–Crippen LogP) is 3.47. The van der Waals surface area contributed by atoms with E-state index in [1.165, 1.54) is 44.9 Å². The van der Waals surface area contributed by atoms with Gasteiger partial charge in [0, 0.05) is 19.1 Å². The number of rotatable bonds is 1. The molecule has 0 N–H and O–H groups in total. The molecule has 4 unspecified atom stereocenters. The van der Waals surface area contributed by atoms with Crippen LogP contribution in [-0.2, 0) is 18.9 Å². The number of hydrogen-bond donors (Lipinski definition) is 0. The summed E-state index contributed by atoms with van der Waals surface area (Å²) in [5.41, 5.74) is 0.0516. The van der Waals surface area contributed by atoms with E-state index in [0.717, 1.165) is 52.3 Å². The Morgan fingerprint density at radius 2 is 1.57 bits per heavy atom. The monoisotopic (exact) mass is 324 g/mol. The van der Waals surface area contributed by atoms with Crippen molar-refractivity contribution in [3.8, 4) is 0 Å². The van der Waals surface area contributed by atoms with Gasteiger partial charge in [-0.2, -0.15) is 0 Å². The summed E-state index contributed by atoms with van der Waals surface area (Å²) in [4.78, 5) is 0. The van der Waals surface area contributed by atoms with E-state index in [1.54, 1.807) is 0 Å². The zero-order valence-corrected chi connectivity index (χ0v) is 14.4. The second-order valence-corrected chi connectivity index (χ2v) is 8.18. The Morgan fingerprint density at radius 3 is 2.30 bits per heavy atom. The summed E-state index contributed by atoms with van der Waals surface area (Å²) in [6.45, 7) is 4.26. The summed E-state index contributed by atoms with van der Waals surface area (Å²) >= 11 is 0. The summed E-state index contributed by atoms with van der Waals surface area (Å²) in [5.74, 6) is 0.561. The van der Waals surface area contributed by atoms with Gasteiger partial charge in [0.25, 0.3) is 0 Å². The van der Waals surface area contributed by atoms with Crippen molar-refractivity contribution in [2.24, 2.45) is 5.92 Å². The Bertz CT molecular complexity index is 363. The molecule has 4 nitrogen and oxygen atoms in total. The zero-order valence-electron chi connectivity index (χ0n) is 14.4. The molecule has 4 aliphatic heterocycles. The van der Waals surface area contributed by atoms with Crippen molar-refractivity contribution in [2.75, 3.05) is 33.0 Å². The average molecular weight is 324 g/mol. The summed E-state index contributed by atoms with van der Waals surface area (Å²) < 4.78 is 24.4. The summed E-state index contributed by atoms with van der Waals surface area (Å²) in [7, 11) is 0. The molecule has 4 heteroatoms. The van der Waals surface area contributed by atoms with Gasteiger partial charge in [0.15, 0.2) is 0 Å². The van der Waals surface area contributed by atoms with Gasteiger partial charge in [-0.25, -0.2) is 0 Å². The van der Waals surface area contributed by atoms with Gasteiger partial charge in [0.1, 0.15) is 0 Å². The lowest BCUT2D eigenvalue weighted by Gasteiger charge is -2.46. The molecule has 0 bridgehead atoms. The van der Waals surface area contributed by atoms with E-state index < -0.39 is 0 Å². The Hall–Kier alpha value is -0.160. The predicted molar refractivity (Wildman–Crippen MR) is 87.6 cm³/mol. The van der Waals surface area contributed by atoms with Crippen LogP contribution in [0.5, 0.6) is 0 Å². The van der Waals surface area contributed by atoms with Crippen LogP contribution in [0.2, 0.25) is 0 Å². The highest BCUT2D eigenvalue weighted by molar-refractivity contribution is 4.93. The molecule has 0 aromatic heterocycles. The minimum Gasteiger partial charge on any atom is -0.378 e. The lowest BCUT2D eigenvalue weighted by molar-refractivity contribution is -0.202. The Morgan fingerprint density at radius 1 is 0.696 bits per heavy atom. The van der Waals surface area contributed by atoms with Crippen LogP contribution in [0.15, 0.2) is 0 Å². The smallest absolute Gasteiger partial charge is 0.0915 e. The molecule has 4 atom stereocenters. The third-order valence-electron chi connectivity index (χ3n) is 6.52. The van der Waals surface area contributed by atoms with Gasteiger partial charge in [-0.05, 0) is 51.4 Å². The number of ether oxygens (including phenoxy) is 4. The van der Waals surface area contributed by atoms with Crippen LogP contribution in [0, 0.1) is 5.92 Å². The molecule has 4 saturated heterocycles. The largest absolute Gasteiger partial charge is 0.378 e. The van der Waals surface area contributed by atoms with E-state index in [9.17, 15) is 0 Å². The second-order valence-electron chi connectivity index (χ2n) is 8.18. The summed E-state index contributed by atoms with van der Waals surface area (Å²) in [5, 5.41) is 0. The highest BCUT2D eigenvalue weighted by Crippen LogP contribution is 2.40. The molecular weight excluding hydrogens is 292 g/mol. The summed E-state index contributed by atoms with van der Waals surface area (Å²) in [6.07, 6.45) is 12.4. The lowest BCUT2D eigenvalue weighted by Crippen LogP contribution is -2.51. The quantitative estimate of drug-likeness (QED) is 0.740. The molecule has 0 amide bonds. The van der Waals surface area contributed by atoms with Crippen molar-refractivity contribution in [3.05, 3.63) is 0 Å². The minimum atomic E-state index is 0.0229. The van der Waals surface area contributed by atoms with Gasteiger partial charge in [-0.15, -0.1) is 0 Å². The maximum absolute atomic E-state index is 6.31. The fourth-order valence-electron chi connectivity index (χ4n) is 4.91. The molecule has 0 saturated carbocycles. The standard InChI is InChI=1S/C19H32O4/c1-2-7-19(22-12-3-1)10-6-17(21-15-19)16-5-9-18(23-13-16)8-4-11-20-14-18/h16-17H,1-15H2. The van der Waals surface area contributed by atoms with Gasteiger partial charge in [-0.1, -0.05) is 12.8 Å². The molecular formula is C19H32O4. The van der Waals surface area contributed by atoms with Crippen molar-refractivity contribution in [1.82, 2.24) is 0 Å². The van der Waals surface area contributed by atoms with Gasteiger partial charge < -0.3 is 18.9 Å². The fraction of sp³-hybridized carbons (Fsp3) is 1.00. The van der Waals surface area contributed by atoms with Crippen LogP contribution in [0.3, 0.4) is 0 Å². The first-order valence-electron chi connectivity index (χ1n) is 9.77. The Labute approximate surface area is 140 Å². The zero-order chi connectivity index (χ0) is 15.6. The molecule has 4 rings (SSSR count). The molecule has 4 aliphatic rings. The minimum absolute atomic E-state index is 0.0229. The highest BCUT2D eigenvalue weighted by Gasteiger charge is 2.44. The van der Waals surface area contributed by atoms with E-state index in [4.69, 9.17) is 18.9 Å². The van der Waals surface area contributed by atoms with Gasteiger partial charge in [0.2, 0.25) is 0 Å². The SMILES string of the molecule is C1CCOC2(CC1)CCC(C1CCC3(CCCOC3)OC1)OC2. The van der Waals surface area contributed by atoms with Crippen LogP contribution in [0.25, 0.3) is 0 Å². The van der Waals surface area contributed by atoms with E-state index >= 15 is 0 Å². The van der Waals surface area contributed by atoms with Crippen LogP contribution in [0.4, 0.5) is 0 Å². The molecule has 23 heavy (non-hydrogen) atoms. The molecule has 132 valence electrons. The van der Waals surface area contributed by atoms with Crippen molar-refractivity contribution in [1.29, 1.82) is 0 Å². The van der Waals surface area contributed by atoms with Gasteiger partial charge >= 0.3 is 0 Å². The molecule has 4 heterocycles. The normalized spacial score (nSPS) is 45.9. The first-order valence-corrected chi connectivity index (χ1v) is 9.77. The van der Waals surface area contributed by atoms with Crippen molar-refractivity contribution in [2.45, 2.75) is 81.5 Å². The lowest BCUT2D eigenvalue weighted by atomic mass is 9.80. The molecule has 0 radical (unpaired) electrons. The molecule has 0 aliphatic carbocycles. The second kappa shape index (κ2) is 6.99. The summed E-state index contributed by atoms with van der Waals surface area (Å²) in [6, 6.07) is 0. The highest BCUT2D eigenvalue weighted by atomic mass is 16.6. The van der Waals surface area contributed by atoms with E-state index in [2.05, 4.69) is 0 Å². The first kappa shape index (κ1) is 16.3. The van der Waals surface area contributed by atoms with E-state index in [0.29, 0.717) is 12.0 Å². The Kier molecular flexibility index (Phi) is 4.96. The molecule has 0 aromatic rings. The van der Waals surface area contributed by atoms with Crippen molar-refractivity contribution < 1.29 is 18.9 Å². The van der Waals surface area contributed by atoms with E-state index in [-0.39, 0.29) is 11.2 Å². The van der Waals surface area contributed by atoms with E-state index in [1.807, 2.05) is 0 Å². The van der Waals surface area contributed by atoms with Gasteiger partial charge in [0.05, 0.1) is 37.1 Å². The van der Waals surface area contributed by atoms with Crippen molar-refractivity contribution >= 4 is 0 Å². The topological polar surface area (TPSA) is 36.9 Å². The molecule has 0 aromatic carbocycles. The van der Waals surface area contributed by atoms with Crippen LogP contribution >= 0.6 is 0 Å². The third kappa shape index (κ3) is 3.60. The van der Waals surface area contributed by atoms with Crippen LogP contribution in [0.1, 0.15) is 64.2 Å². The third-order valence-corrected chi connectivity index (χ3v) is 6.52. The maximum Gasteiger partial charge on any atom is 0.0915 e.